The fourth-order valence-corrected chi connectivity index (χ4v) is 3.84. The van der Waals surface area contributed by atoms with Crippen LogP contribution in [0.2, 0.25) is 0 Å². The summed E-state index contributed by atoms with van der Waals surface area (Å²) in [5, 5.41) is 3.53. The topological polar surface area (TPSA) is 29.1 Å². The van der Waals surface area contributed by atoms with Crippen molar-refractivity contribution in [3.05, 3.63) is 34.1 Å². The number of thioether (sulfide) groups is 1. The number of carbonyl (C=O) groups excluding carboxylic acids is 1. The Morgan fingerprint density at radius 1 is 1.53 bits per heavy atom. The lowest BCUT2D eigenvalue weighted by atomic mass is 10.1. The highest BCUT2D eigenvalue weighted by Gasteiger charge is 2.28. The summed E-state index contributed by atoms with van der Waals surface area (Å²) in [4.78, 5) is 12.1. The molecule has 2 unspecified atom stereocenters. The molecule has 1 saturated carbocycles. The number of rotatable bonds is 4. The predicted molar refractivity (Wildman–Crippen MR) is 81.1 cm³/mol. The van der Waals surface area contributed by atoms with Gasteiger partial charge in [-0.1, -0.05) is 13.3 Å². The molecular weight excluding hydrogens is 329 g/mol. The highest BCUT2D eigenvalue weighted by molar-refractivity contribution is 9.10. The number of hydrogen-bond donors (Lipinski definition) is 1. The third-order valence-corrected chi connectivity index (χ3v) is 5.30. The molecule has 0 aromatic heterocycles. The predicted octanol–water partition coefficient (Wildman–Crippen LogP) is 3.99. The second-order valence-corrected chi connectivity index (χ2v) is 7.00. The van der Waals surface area contributed by atoms with Crippen LogP contribution in [0.4, 0.5) is 4.39 Å². The Bertz CT molecular complexity index is 469. The zero-order valence-electron chi connectivity index (χ0n) is 10.8. The summed E-state index contributed by atoms with van der Waals surface area (Å²) >= 11 is 4.98. The van der Waals surface area contributed by atoms with Gasteiger partial charge in [-0.05, 0) is 52.7 Å². The highest BCUT2D eigenvalue weighted by atomic mass is 79.9. The molecule has 0 heterocycles. The molecular formula is C14H17BrFNOS. The Morgan fingerprint density at radius 3 is 3.00 bits per heavy atom. The largest absolute Gasteiger partial charge is 0.348 e. The molecule has 0 aliphatic heterocycles. The lowest BCUT2D eigenvalue weighted by Crippen LogP contribution is -2.38. The Morgan fingerprint density at radius 2 is 2.32 bits per heavy atom. The minimum absolute atomic E-state index is 0.181. The standard InChI is InChI=1S/C14H17BrFNOS/c1-2-19-13-5-3-4-12(13)17-14(18)9-6-7-10(15)11(16)8-9/h6-8,12-13H,2-5H2,1H3,(H,17,18). The molecule has 1 amide bonds. The maximum Gasteiger partial charge on any atom is 0.251 e. The van der Waals surface area contributed by atoms with Crippen LogP contribution in [0, 0.1) is 5.82 Å². The minimum atomic E-state index is -0.404. The van der Waals surface area contributed by atoms with Gasteiger partial charge in [0.1, 0.15) is 5.82 Å². The minimum Gasteiger partial charge on any atom is -0.348 e. The molecule has 1 fully saturated rings. The zero-order chi connectivity index (χ0) is 13.8. The van der Waals surface area contributed by atoms with Crippen LogP contribution < -0.4 is 5.32 Å². The summed E-state index contributed by atoms with van der Waals surface area (Å²) in [6, 6.07) is 4.69. The van der Waals surface area contributed by atoms with E-state index >= 15 is 0 Å². The van der Waals surface area contributed by atoms with E-state index in [1.807, 2.05) is 11.8 Å². The van der Waals surface area contributed by atoms with E-state index in [1.54, 1.807) is 12.1 Å². The van der Waals surface area contributed by atoms with Gasteiger partial charge in [-0.2, -0.15) is 11.8 Å². The van der Waals surface area contributed by atoms with Crippen LogP contribution in [-0.2, 0) is 0 Å². The summed E-state index contributed by atoms with van der Waals surface area (Å²) in [5.74, 6) is 0.475. The summed E-state index contributed by atoms with van der Waals surface area (Å²) < 4.78 is 13.8. The molecule has 0 spiro atoms. The molecule has 19 heavy (non-hydrogen) atoms. The Hall–Kier alpha value is -0.550. The molecule has 1 aromatic carbocycles. The number of amides is 1. The van der Waals surface area contributed by atoms with Gasteiger partial charge in [0.15, 0.2) is 0 Å². The third-order valence-electron chi connectivity index (χ3n) is 3.33. The first kappa shape index (κ1) is 14.9. The smallest absolute Gasteiger partial charge is 0.251 e. The average molecular weight is 346 g/mol. The molecule has 0 radical (unpaired) electrons. The van der Waals surface area contributed by atoms with Crippen LogP contribution in [0.1, 0.15) is 36.5 Å². The maximum atomic E-state index is 13.4. The van der Waals surface area contributed by atoms with Crippen molar-refractivity contribution in [2.45, 2.75) is 37.5 Å². The van der Waals surface area contributed by atoms with Crippen molar-refractivity contribution in [2.75, 3.05) is 5.75 Å². The molecule has 1 N–H and O–H groups in total. The van der Waals surface area contributed by atoms with E-state index in [2.05, 4.69) is 28.2 Å². The molecule has 2 nitrogen and oxygen atoms in total. The third kappa shape index (κ3) is 3.72. The van der Waals surface area contributed by atoms with Crippen LogP contribution in [0.15, 0.2) is 22.7 Å². The molecule has 5 heteroatoms. The maximum absolute atomic E-state index is 13.4. The van der Waals surface area contributed by atoms with Crippen LogP contribution >= 0.6 is 27.7 Å². The zero-order valence-corrected chi connectivity index (χ0v) is 13.2. The Labute approximate surface area is 125 Å². The van der Waals surface area contributed by atoms with E-state index in [0.717, 1.165) is 25.0 Å². The molecule has 1 aromatic rings. The first-order chi connectivity index (χ1) is 9.11. The SMILES string of the molecule is CCSC1CCCC1NC(=O)c1ccc(Br)c(F)c1. The summed E-state index contributed by atoms with van der Waals surface area (Å²) in [6.07, 6.45) is 3.32. The van der Waals surface area contributed by atoms with Crippen molar-refractivity contribution in [1.82, 2.24) is 5.32 Å². The number of carbonyl (C=O) groups is 1. The Kier molecular flexibility index (Phi) is 5.28. The van der Waals surface area contributed by atoms with Gasteiger partial charge in [0, 0.05) is 16.9 Å². The fraction of sp³-hybridized carbons (Fsp3) is 0.500. The Balaban J connectivity index is 2.02. The van der Waals surface area contributed by atoms with E-state index in [-0.39, 0.29) is 11.9 Å². The normalized spacial score (nSPS) is 22.5. The average Bonchev–Trinajstić information content (AvgIpc) is 2.80. The second kappa shape index (κ2) is 6.75. The number of benzene rings is 1. The van der Waals surface area contributed by atoms with E-state index in [1.165, 1.54) is 6.07 Å². The van der Waals surface area contributed by atoms with Gasteiger partial charge < -0.3 is 5.32 Å². The van der Waals surface area contributed by atoms with E-state index in [4.69, 9.17) is 0 Å². The summed E-state index contributed by atoms with van der Waals surface area (Å²) in [7, 11) is 0. The van der Waals surface area contributed by atoms with Crippen molar-refractivity contribution in [3.8, 4) is 0 Å². The fourth-order valence-electron chi connectivity index (χ4n) is 2.39. The monoisotopic (exact) mass is 345 g/mol. The van der Waals surface area contributed by atoms with Gasteiger partial charge in [-0.15, -0.1) is 0 Å². The molecule has 2 rings (SSSR count). The first-order valence-corrected chi connectivity index (χ1v) is 8.33. The molecule has 2 atom stereocenters. The van der Waals surface area contributed by atoms with Gasteiger partial charge in [0.2, 0.25) is 0 Å². The number of halogens is 2. The second-order valence-electron chi connectivity index (χ2n) is 4.63. The van der Waals surface area contributed by atoms with Crippen molar-refractivity contribution in [3.63, 3.8) is 0 Å². The van der Waals surface area contributed by atoms with Crippen molar-refractivity contribution < 1.29 is 9.18 Å². The van der Waals surface area contributed by atoms with E-state index < -0.39 is 5.82 Å². The van der Waals surface area contributed by atoms with Crippen molar-refractivity contribution in [1.29, 1.82) is 0 Å². The lowest BCUT2D eigenvalue weighted by Gasteiger charge is -2.20. The van der Waals surface area contributed by atoms with E-state index in [9.17, 15) is 9.18 Å². The molecule has 104 valence electrons. The number of nitrogens with one attached hydrogen (secondary N) is 1. The van der Waals surface area contributed by atoms with E-state index in [0.29, 0.717) is 15.3 Å². The van der Waals surface area contributed by atoms with Crippen LogP contribution in [0.5, 0.6) is 0 Å². The van der Waals surface area contributed by atoms with Crippen LogP contribution in [0.3, 0.4) is 0 Å². The van der Waals surface area contributed by atoms with Gasteiger partial charge in [-0.3, -0.25) is 4.79 Å². The highest BCUT2D eigenvalue weighted by Crippen LogP contribution is 2.30. The van der Waals surface area contributed by atoms with Crippen LogP contribution in [0.25, 0.3) is 0 Å². The summed E-state index contributed by atoms with van der Waals surface area (Å²) in [5.41, 5.74) is 0.382. The molecule has 1 aliphatic rings. The lowest BCUT2D eigenvalue weighted by molar-refractivity contribution is 0.0938. The van der Waals surface area contributed by atoms with Gasteiger partial charge in [0.05, 0.1) is 4.47 Å². The quantitative estimate of drug-likeness (QED) is 0.893. The molecule has 0 bridgehead atoms. The molecule has 1 aliphatic carbocycles. The summed E-state index contributed by atoms with van der Waals surface area (Å²) in [6.45, 7) is 2.13. The molecule has 0 saturated heterocycles. The van der Waals surface area contributed by atoms with Gasteiger partial charge in [0.25, 0.3) is 5.91 Å². The van der Waals surface area contributed by atoms with Crippen LogP contribution in [-0.4, -0.2) is 23.0 Å². The van der Waals surface area contributed by atoms with Gasteiger partial charge >= 0.3 is 0 Å². The van der Waals surface area contributed by atoms with Crippen molar-refractivity contribution in [2.24, 2.45) is 0 Å². The number of hydrogen-bond acceptors (Lipinski definition) is 2. The first-order valence-electron chi connectivity index (χ1n) is 6.49. The van der Waals surface area contributed by atoms with Crippen molar-refractivity contribution >= 4 is 33.6 Å². The van der Waals surface area contributed by atoms with Gasteiger partial charge in [-0.25, -0.2) is 4.39 Å².